The van der Waals surface area contributed by atoms with Gasteiger partial charge in [0.05, 0.1) is 5.41 Å². The van der Waals surface area contributed by atoms with Crippen LogP contribution in [0.2, 0.25) is 5.02 Å². The molecule has 0 atom stereocenters. The molecule has 0 heterocycles. The van der Waals surface area contributed by atoms with E-state index in [1.54, 1.807) is 6.92 Å². The number of carbonyl (C=O) groups is 1. The number of hydrogen-bond donors (Lipinski definition) is 3. The molecule has 0 saturated heterocycles. The normalized spacial score (nSPS) is 17.5. The molecule has 0 radical (unpaired) electrons. The average molecular weight is 257 g/mol. The summed E-state index contributed by atoms with van der Waals surface area (Å²) in [5.74, 6) is -1.72. The Hall–Kier alpha value is -1.42. The van der Waals surface area contributed by atoms with Crippen LogP contribution in [0.15, 0.2) is 6.07 Å². The van der Waals surface area contributed by atoms with Crippen LogP contribution in [0.1, 0.15) is 30.4 Å². The molecule has 3 N–H and O–H groups in total. The molecule has 0 unspecified atom stereocenters. The van der Waals surface area contributed by atoms with Crippen LogP contribution in [-0.2, 0) is 10.2 Å². The molecule has 0 aromatic heterocycles. The van der Waals surface area contributed by atoms with E-state index in [4.69, 9.17) is 11.6 Å². The minimum Gasteiger partial charge on any atom is -0.504 e. The van der Waals surface area contributed by atoms with Crippen LogP contribution in [-0.4, -0.2) is 21.3 Å². The Balaban J connectivity index is 2.70. The highest BCUT2D eigenvalue weighted by atomic mass is 35.5. The molecule has 1 aromatic rings. The third kappa shape index (κ3) is 1.55. The Bertz CT molecular complexity index is 466. The van der Waals surface area contributed by atoms with Crippen LogP contribution in [0, 0.1) is 6.92 Å². The van der Waals surface area contributed by atoms with E-state index >= 15 is 0 Å². The largest absolute Gasteiger partial charge is 0.504 e. The van der Waals surface area contributed by atoms with E-state index in [9.17, 15) is 20.1 Å². The fourth-order valence-corrected chi connectivity index (χ4v) is 2.61. The van der Waals surface area contributed by atoms with E-state index in [1.807, 2.05) is 0 Å². The molecule has 1 fully saturated rings. The second-order valence-electron chi connectivity index (χ2n) is 4.47. The summed E-state index contributed by atoms with van der Waals surface area (Å²) in [6.45, 7) is 1.65. The molecule has 0 bridgehead atoms. The average Bonchev–Trinajstić information content (AvgIpc) is 2.18. The van der Waals surface area contributed by atoms with Crippen molar-refractivity contribution in [3.63, 3.8) is 0 Å². The lowest BCUT2D eigenvalue weighted by Crippen LogP contribution is -2.43. The summed E-state index contributed by atoms with van der Waals surface area (Å²) in [4.78, 5) is 11.4. The van der Waals surface area contributed by atoms with Crippen molar-refractivity contribution in [2.75, 3.05) is 0 Å². The number of carboxylic acids is 1. The second-order valence-corrected chi connectivity index (χ2v) is 4.87. The van der Waals surface area contributed by atoms with Gasteiger partial charge in [0.1, 0.15) is 0 Å². The molecule has 1 aliphatic rings. The first-order chi connectivity index (χ1) is 7.90. The molecule has 5 heteroatoms. The highest BCUT2D eigenvalue weighted by molar-refractivity contribution is 6.31. The van der Waals surface area contributed by atoms with E-state index < -0.39 is 11.4 Å². The van der Waals surface area contributed by atoms with E-state index in [1.165, 1.54) is 6.07 Å². The molecule has 17 heavy (non-hydrogen) atoms. The number of phenols is 2. The highest BCUT2D eigenvalue weighted by Crippen LogP contribution is 2.51. The molecule has 2 rings (SSSR count). The Morgan fingerprint density at radius 3 is 2.41 bits per heavy atom. The third-order valence-electron chi connectivity index (χ3n) is 3.57. The molecular formula is C12H13ClO4. The zero-order chi connectivity index (χ0) is 12.8. The quantitative estimate of drug-likeness (QED) is 0.711. The van der Waals surface area contributed by atoms with E-state index in [-0.39, 0.29) is 22.1 Å². The van der Waals surface area contributed by atoms with Crippen LogP contribution in [0.25, 0.3) is 0 Å². The summed E-state index contributed by atoms with van der Waals surface area (Å²) in [5, 5.41) is 29.0. The molecule has 1 saturated carbocycles. The standard InChI is InChI=1S/C12H13ClO4/c1-6-7(13)5-8(14)10(15)9(6)12(11(16)17)3-2-4-12/h5,14-15H,2-4H2,1H3,(H,16,17). The van der Waals surface area contributed by atoms with Gasteiger partial charge >= 0.3 is 5.97 Å². The Morgan fingerprint density at radius 2 is 2.00 bits per heavy atom. The summed E-state index contributed by atoms with van der Waals surface area (Å²) >= 11 is 5.92. The molecule has 0 amide bonds. The van der Waals surface area contributed by atoms with Crippen molar-refractivity contribution in [3.05, 3.63) is 22.2 Å². The number of phenolic OH excluding ortho intramolecular Hbond substituents is 2. The van der Waals surface area contributed by atoms with Gasteiger partial charge in [0.25, 0.3) is 0 Å². The van der Waals surface area contributed by atoms with Crippen LogP contribution in [0.3, 0.4) is 0 Å². The maximum absolute atomic E-state index is 11.4. The Kier molecular flexibility index (Phi) is 2.70. The molecule has 0 aliphatic heterocycles. The van der Waals surface area contributed by atoms with Gasteiger partial charge in [-0.1, -0.05) is 18.0 Å². The summed E-state index contributed by atoms with van der Waals surface area (Å²) in [5.41, 5.74) is -0.332. The van der Waals surface area contributed by atoms with E-state index in [0.717, 1.165) is 6.42 Å². The van der Waals surface area contributed by atoms with Gasteiger partial charge in [-0.15, -0.1) is 0 Å². The first-order valence-electron chi connectivity index (χ1n) is 5.35. The number of rotatable bonds is 2. The van der Waals surface area contributed by atoms with Gasteiger partial charge in [-0.3, -0.25) is 4.79 Å². The van der Waals surface area contributed by atoms with Gasteiger partial charge in [0.2, 0.25) is 0 Å². The van der Waals surface area contributed by atoms with Crippen LogP contribution >= 0.6 is 11.6 Å². The molecular weight excluding hydrogens is 244 g/mol. The topological polar surface area (TPSA) is 77.8 Å². The van der Waals surface area contributed by atoms with E-state index in [2.05, 4.69) is 0 Å². The number of halogens is 1. The Labute approximate surface area is 103 Å². The van der Waals surface area contributed by atoms with Crippen LogP contribution in [0.4, 0.5) is 0 Å². The first kappa shape index (κ1) is 12.0. The molecule has 92 valence electrons. The van der Waals surface area contributed by atoms with Gasteiger partial charge in [-0.2, -0.15) is 0 Å². The first-order valence-corrected chi connectivity index (χ1v) is 5.73. The van der Waals surface area contributed by atoms with Crippen molar-refractivity contribution >= 4 is 17.6 Å². The van der Waals surface area contributed by atoms with Crippen molar-refractivity contribution < 1.29 is 20.1 Å². The van der Waals surface area contributed by atoms with Crippen LogP contribution in [0.5, 0.6) is 11.5 Å². The smallest absolute Gasteiger partial charge is 0.314 e. The van der Waals surface area contributed by atoms with Gasteiger partial charge in [-0.05, 0) is 25.3 Å². The summed E-state index contributed by atoms with van der Waals surface area (Å²) in [6, 6.07) is 1.23. The van der Waals surface area contributed by atoms with Crippen molar-refractivity contribution in [2.24, 2.45) is 0 Å². The zero-order valence-corrected chi connectivity index (χ0v) is 10.1. The predicted molar refractivity (Wildman–Crippen MR) is 62.7 cm³/mol. The zero-order valence-electron chi connectivity index (χ0n) is 9.33. The lowest BCUT2D eigenvalue weighted by molar-refractivity contribution is -0.147. The lowest BCUT2D eigenvalue weighted by Gasteiger charge is -2.39. The predicted octanol–water partition coefficient (Wildman–Crippen LogP) is 2.57. The minimum atomic E-state index is -1.10. The van der Waals surface area contributed by atoms with E-state index in [0.29, 0.717) is 18.4 Å². The highest BCUT2D eigenvalue weighted by Gasteiger charge is 2.49. The maximum atomic E-state index is 11.4. The molecule has 1 aliphatic carbocycles. The number of aromatic hydroxyl groups is 2. The molecule has 0 spiro atoms. The fourth-order valence-electron chi connectivity index (χ4n) is 2.41. The SMILES string of the molecule is Cc1c(Cl)cc(O)c(O)c1C1(C(=O)O)CCC1. The van der Waals surface area contributed by atoms with Crippen molar-refractivity contribution in [1.29, 1.82) is 0 Å². The lowest BCUT2D eigenvalue weighted by atomic mass is 9.63. The van der Waals surface area contributed by atoms with Gasteiger partial charge < -0.3 is 15.3 Å². The number of carboxylic acid groups (broad SMARTS) is 1. The van der Waals surface area contributed by atoms with Gasteiger partial charge in [0.15, 0.2) is 11.5 Å². The Morgan fingerprint density at radius 1 is 1.41 bits per heavy atom. The number of aliphatic carboxylic acids is 1. The van der Waals surface area contributed by atoms with Crippen molar-refractivity contribution in [1.82, 2.24) is 0 Å². The summed E-state index contributed by atoms with van der Waals surface area (Å²) in [6.07, 6.45) is 1.70. The fraction of sp³-hybridized carbons (Fsp3) is 0.417. The maximum Gasteiger partial charge on any atom is 0.314 e. The summed E-state index contributed by atoms with van der Waals surface area (Å²) < 4.78 is 0. The van der Waals surface area contributed by atoms with Crippen LogP contribution < -0.4 is 0 Å². The van der Waals surface area contributed by atoms with Gasteiger partial charge in [-0.25, -0.2) is 0 Å². The number of hydrogen-bond acceptors (Lipinski definition) is 3. The summed E-state index contributed by atoms with van der Waals surface area (Å²) in [7, 11) is 0. The van der Waals surface area contributed by atoms with Crippen molar-refractivity contribution in [2.45, 2.75) is 31.6 Å². The second kappa shape index (κ2) is 3.81. The van der Waals surface area contributed by atoms with Crippen molar-refractivity contribution in [3.8, 4) is 11.5 Å². The third-order valence-corrected chi connectivity index (χ3v) is 3.96. The molecule has 1 aromatic carbocycles. The number of benzene rings is 1. The molecule has 4 nitrogen and oxygen atoms in total. The van der Waals surface area contributed by atoms with Gasteiger partial charge in [0, 0.05) is 16.7 Å². The minimum absolute atomic E-state index is 0.251. The monoisotopic (exact) mass is 256 g/mol.